The van der Waals surface area contributed by atoms with Gasteiger partial charge in [0.15, 0.2) is 0 Å². The predicted octanol–water partition coefficient (Wildman–Crippen LogP) is 2.95. The molecule has 0 aliphatic rings. The molecule has 0 amide bonds. The number of aromatic nitrogens is 1. The average molecular weight is 269 g/mol. The van der Waals surface area contributed by atoms with Crippen molar-refractivity contribution < 1.29 is 0 Å². The number of hydrogen-bond acceptors (Lipinski definition) is 3. The lowest BCUT2D eigenvalue weighted by Gasteiger charge is -2.11. The fourth-order valence-corrected chi connectivity index (χ4v) is 2.46. The van der Waals surface area contributed by atoms with Gasteiger partial charge >= 0.3 is 0 Å². The molecule has 2 heterocycles. The lowest BCUT2D eigenvalue weighted by Crippen LogP contribution is -2.11. The van der Waals surface area contributed by atoms with Crippen molar-refractivity contribution in [1.82, 2.24) is 4.98 Å². The maximum absolute atomic E-state index is 6.10. The summed E-state index contributed by atoms with van der Waals surface area (Å²) in [6.45, 7) is 0. The van der Waals surface area contributed by atoms with E-state index in [1.165, 1.54) is 0 Å². The second kappa shape index (κ2) is 4.21. The highest BCUT2D eigenvalue weighted by molar-refractivity contribution is 9.10. The summed E-state index contributed by atoms with van der Waals surface area (Å²) in [5, 5.41) is 4.09. The zero-order valence-electron chi connectivity index (χ0n) is 7.35. The lowest BCUT2D eigenvalue weighted by molar-refractivity contribution is 0.859. The number of thiophene rings is 1. The molecule has 2 N–H and O–H groups in total. The van der Waals surface area contributed by atoms with E-state index in [9.17, 15) is 0 Å². The van der Waals surface area contributed by atoms with Gasteiger partial charge in [-0.15, -0.1) is 0 Å². The van der Waals surface area contributed by atoms with Crippen LogP contribution in [0.1, 0.15) is 17.2 Å². The Hall–Kier alpha value is -0.710. The minimum Gasteiger partial charge on any atom is -0.320 e. The molecule has 14 heavy (non-hydrogen) atoms. The van der Waals surface area contributed by atoms with Crippen molar-refractivity contribution in [3.05, 3.63) is 50.9 Å². The number of nitrogens with zero attached hydrogens (tertiary/aromatic N) is 1. The first-order valence-electron chi connectivity index (χ1n) is 4.17. The van der Waals surface area contributed by atoms with E-state index in [1.54, 1.807) is 17.5 Å². The fraction of sp³-hybridized carbons (Fsp3) is 0.100. The van der Waals surface area contributed by atoms with Crippen LogP contribution in [0.5, 0.6) is 0 Å². The molecule has 72 valence electrons. The van der Waals surface area contributed by atoms with Gasteiger partial charge in [0, 0.05) is 11.8 Å². The fourth-order valence-electron chi connectivity index (χ4n) is 1.26. The maximum atomic E-state index is 6.10. The number of nitrogens with two attached hydrogens (primary N) is 1. The molecule has 0 saturated carbocycles. The normalized spacial score (nSPS) is 12.7. The Balaban J connectivity index is 2.37. The summed E-state index contributed by atoms with van der Waals surface area (Å²) in [5.74, 6) is 0. The van der Waals surface area contributed by atoms with Crippen molar-refractivity contribution in [2.24, 2.45) is 5.73 Å². The minimum atomic E-state index is -0.0932. The van der Waals surface area contributed by atoms with Gasteiger partial charge in [0.05, 0.1) is 6.04 Å². The molecule has 0 bridgehead atoms. The van der Waals surface area contributed by atoms with Crippen LogP contribution < -0.4 is 5.73 Å². The molecule has 0 aliphatic carbocycles. The molecular weight excluding hydrogens is 260 g/mol. The van der Waals surface area contributed by atoms with Crippen molar-refractivity contribution in [2.45, 2.75) is 6.04 Å². The Kier molecular flexibility index (Phi) is 2.96. The first-order valence-corrected chi connectivity index (χ1v) is 5.90. The highest BCUT2D eigenvalue weighted by Gasteiger charge is 2.12. The molecule has 4 heteroatoms. The summed E-state index contributed by atoms with van der Waals surface area (Å²) in [5.41, 5.74) is 8.25. The second-order valence-electron chi connectivity index (χ2n) is 2.92. The molecular formula is C10H9BrN2S. The summed E-state index contributed by atoms with van der Waals surface area (Å²) >= 11 is 5.05. The van der Waals surface area contributed by atoms with Crippen molar-refractivity contribution in [2.75, 3.05) is 0 Å². The highest BCUT2D eigenvalue weighted by Crippen LogP contribution is 2.25. The third-order valence-corrected chi connectivity index (χ3v) is 3.39. The minimum absolute atomic E-state index is 0.0932. The number of pyridine rings is 1. The molecule has 2 rings (SSSR count). The first-order chi connectivity index (χ1) is 6.79. The molecule has 2 aromatic heterocycles. The van der Waals surface area contributed by atoms with Gasteiger partial charge in [-0.3, -0.25) is 0 Å². The number of hydrogen-bond donors (Lipinski definition) is 1. The monoisotopic (exact) mass is 268 g/mol. The topological polar surface area (TPSA) is 38.9 Å². The highest BCUT2D eigenvalue weighted by atomic mass is 79.9. The van der Waals surface area contributed by atoms with Crippen molar-refractivity contribution in [1.29, 1.82) is 0 Å². The van der Waals surface area contributed by atoms with Crippen LogP contribution in [0, 0.1) is 0 Å². The van der Waals surface area contributed by atoms with Crippen LogP contribution in [-0.2, 0) is 0 Å². The Morgan fingerprint density at radius 3 is 2.93 bits per heavy atom. The van der Waals surface area contributed by atoms with E-state index in [1.807, 2.05) is 23.6 Å². The van der Waals surface area contributed by atoms with Crippen LogP contribution in [0.2, 0.25) is 0 Å². The van der Waals surface area contributed by atoms with E-state index in [2.05, 4.69) is 26.3 Å². The van der Waals surface area contributed by atoms with E-state index in [4.69, 9.17) is 5.73 Å². The quantitative estimate of drug-likeness (QED) is 0.851. The van der Waals surface area contributed by atoms with Gasteiger partial charge in [-0.25, -0.2) is 4.98 Å². The van der Waals surface area contributed by atoms with Gasteiger partial charge in [0.1, 0.15) is 4.60 Å². The average Bonchev–Trinajstić information content (AvgIpc) is 2.70. The van der Waals surface area contributed by atoms with Crippen molar-refractivity contribution in [3.63, 3.8) is 0 Å². The van der Waals surface area contributed by atoms with E-state index >= 15 is 0 Å². The Morgan fingerprint density at radius 1 is 1.43 bits per heavy atom. The molecule has 0 radical (unpaired) electrons. The van der Waals surface area contributed by atoms with Crippen molar-refractivity contribution in [3.8, 4) is 0 Å². The smallest absolute Gasteiger partial charge is 0.111 e. The van der Waals surface area contributed by atoms with Gasteiger partial charge < -0.3 is 5.73 Å². The maximum Gasteiger partial charge on any atom is 0.111 e. The van der Waals surface area contributed by atoms with Gasteiger partial charge in [-0.2, -0.15) is 11.3 Å². The van der Waals surface area contributed by atoms with E-state index in [0.717, 1.165) is 15.7 Å². The molecule has 2 aromatic rings. The summed E-state index contributed by atoms with van der Waals surface area (Å²) in [6.07, 6.45) is 1.74. The second-order valence-corrected chi connectivity index (χ2v) is 4.45. The van der Waals surface area contributed by atoms with Crippen LogP contribution in [0.15, 0.2) is 39.8 Å². The van der Waals surface area contributed by atoms with Gasteiger partial charge in [0.2, 0.25) is 0 Å². The summed E-state index contributed by atoms with van der Waals surface area (Å²) < 4.78 is 0.818. The van der Waals surface area contributed by atoms with Crippen molar-refractivity contribution >= 4 is 27.3 Å². The predicted molar refractivity (Wildman–Crippen MR) is 62.3 cm³/mol. The van der Waals surface area contributed by atoms with E-state index in [-0.39, 0.29) is 6.04 Å². The molecule has 0 aliphatic heterocycles. The largest absolute Gasteiger partial charge is 0.320 e. The van der Waals surface area contributed by atoms with Crippen LogP contribution in [0.4, 0.5) is 0 Å². The Morgan fingerprint density at radius 2 is 2.29 bits per heavy atom. The SMILES string of the molecule is N[C@@H](c1ccsc1)c1cccnc1Br. The Labute approximate surface area is 94.9 Å². The Bertz CT molecular complexity index is 414. The van der Waals surface area contributed by atoms with Gasteiger partial charge in [-0.05, 0) is 44.4 Å². The number of rotatable bonds is 2. The third-order valence-electron chi connectivity index (χ3n) is 2.03. The van der Waals surface area contributed by atoms with Gasteiger partial charge in [-0.1, -0.05) is 6.07 Å². The van der Waals surface area contributed by atoms with Gasteiger partial charge in [0.25, 0.3) is 0 Å². The molecule has 0 fully saturated rings. The summed E-state index contributed by atoms with van der Waals surface area (Å²) in [7, 11) is 0. The summed E-state index contributed by atoms with van der Waals surface area (Å²) in [4.78, 5) is 4.15. The molecule has 1 atom stereocenters. The zero-order chi connectivity index (χ0) is 9.97. The van der Waals surface area contributed by atoms with Crippen LogP contribution in [0.3, 0.4) is 0 Å². The molecule has 0 unspecified atom stereocenters. The molecule has 0 spiro atoms. The number of halogens is 1. The van der Waals surface area contributed by atoms with Crippen LogP contribution in [0.25, 0.3) is 0 Å². The first kappa shape index (κ1) is 9.83. The van der Waals surface area contributed by atoms with Crippen LogP contribution >= 0.6 is 27.3 Å². The molecule has 0 aromatic carbocycles. The molecule has 0 saturated heterocycles. The third kappa shape index (κ3) is 1.87. The zero-order valence-corrected chi connectivity index (χ0v) is 9.75. The van der Waals surface area contributed by atoms with E-state index < -0.39 is 0 Å². The van der Waals surface area contributed by atoms with E-state index in [0.29, 0.717) is 0 Å². The lowest BCUT2D eigenvalue weighted by atomic mass is 10.0. The summed E-state index contributed by atoms with van der Waals surface area (Å²) in [6, 6.07) is 5.82. The van der Waals surface area contributed by atoms with Crippen LogP contribution in [-0.4, -0.2) is 4.98 Å². The standard InChI is InChI=1S/C10H9BrN2S/c11-10-8(2-1-4-13-10)9(12)7-3-5-14-6-7/h1-6,9H,12H2/t9-/m0/s1. The molecule has 2 nitrogen and oxygen atoms in total.